The van der Waals surface area contributed by atoms with Gasteiger partial charge >= 0.3 is 0 Å². The monoisotopic (exact) mass is 292 g/mol. The number of aryl methyl sites for hydroxylation is 2. The second-order valence-electron chi connectivity index (χ2n) is 5.96. The van der Waals surface area contributed by atoms with Crippen LogP contribution in [0.2, 0.25) is 0 Å². The van der Waals surface area contributed by atoms with Crippen molar-refractivity contribution in [3.05, 3.63) is 64.8 Å². The zero-order valence-corrected chi connectivity index (χ0v) is 12.4. The molecule has 3 N–H and O–H groups in total. The molecule has 2 aromatic carbocycles. The van der Waals surface area contributed by atoms with Crippen LogP contribution in [0.3, 0.4) is 0 Å². The maximum absolute atomic E-state index is 12.5. The average molecular weight is 292 g/mol. The summed E-state index contributed by atoms with van der Waals surface area (Å²) in [5.41, 5.74) is 3.20. The van der Waals surface area contributed by atoms with Crippen LogP contribution in [-0.2, 0) is 10.4 Å². The fourth-order valence-corrected chi connectivity index (χ4v) is 3.20. The van der Waals surface area contributed by atoms with Crippen molar-refractivity contribution in [1.82, 2.24) is 4.98 Å². The molecule has 4 heteroatoms. The second kappa shape index (κ2) is 4.21. The third-order valence-corrected chi connectivity index (χ3v) is 4.37. The average Bonchev–Trinajstić information content (AvgIpc) is 3.00. The van der Waals surface area contributed by atoms with Crippen molar-refractivity contribution in [1.29, 1.82) is 0 Å². The first-order valence-electron chi connectivity index (χ1n) is 7.23. The fraction of sp³-hybridized carbons (Fsp3) is 0.167. The molecule has 4 rings (SSSR count). The minimum atomic E-state index is -1.66. The molecule has 1 aliphatic heterocycles. The number of nitrogens with one attached hydrogen (secondary N) is 2. The minimum Gasteiger partial charge on any atom is -0.372 e. The maximum Gasteiger partial charge on any atom is 0.265 e. The summed E-state index contributed by atoms with van der Waals surface area (Å²) < 4.78 is 0. The third kappa shape index (κ3) is 1.58. The predicted octanol–water partition coefficient (Wildman–Crippen LogP) is 2.97. The van der Waals surface area contributed by atoms with Crippen LogP contribution >= 0.6 is 0 Å². The molecule has 3 aromatic rings. The first kappa shape index (κ1) is 13.1. The number of carbonyl (C=O) groups is 1. The SMILES string of the molecule is Cc1ccc2c(c1)C(O)(c1c[nH]c3ccc(C)cc13)C(=O)N2. The van der Waals surface area contributed by atoms with Gasteiger partial charge in [0.25, 0.3) is 5.91 Å². The Morgan fingerprint density at radius 2 is 1.73 bits per heavy atom. The zero-order valence-electron chi connectivity index (χ0n) is 12.4. The number of benzene rings is 2. The number of amides is 1. The Morgan fingerprint density at radius 3 is 2.55 bits per heavy atom. The molecular weight excluding hydrogens is 276 g/mol. The molecule has 1 aliphatic rings. The van der Waals surface area contributed by atoms with Gasteiger partial charge in [0, 0.05) is 33.9 Å². The molecule has 1 atom stereocenters. The van der Waals surface area contributed by atoms with Crippen LogP contribution in [0.15, 0.2) is 42.6 Å². The van der Waals surface area contributed by atoms with E-state index in [1.807, 2.05) is 50.2 Å². The maximum atomic E-state index is 12.5. The number of aromatic amines is 1. The van der Waals surface area contributed by atoms with Gasteiger partial charge < -0.3 is 15.4 Å². The zero-order chi connectivity index (χ0) is 15.5. The summed E-state index contributed by atoms with van der Waals surface area (Å²) in [5, 5.41) is 14.9. The predicted molar refractivity (Wildman–Crippen MR) is 85.8 cm³/mol. The van der Waals surface area contributed by atoms with E-state index < -0.39 is 11.5 Å². The number of aliphatic hydroxyl groups is 1. The summed E-state index contributed by atoms with van der Waals surface area (Å²) in [6.45, 7) is 3.94. The number of hydrogen-bond donors (Lipinski definition) is 3. The standard InChI is InChI=1S/C18H16N2O2/c1-10-3-5-15-12(7-10)14(9-19-15)18(22)13-8-11(2)4-6-16(13)20-17(18)21/h3-9,19,22H,1-2H3,(H,20,21). The van der Waals surface area contributed by atoms with E-state index in [1.54, 1.807) is 6.20 Å². The summed E-state index contributed by atoms with van der Waals surface area (Å²) in [5.74, 6) is -0.407. The first-order chi connectivity index (χ1) is 10.5. The van der Waals surface area contributed by atoms with Gasteiger partial charge in [-0.3, -0.25) is 4.79 Å². The molecule has 0 saturated carbocycles. The van der Waals surface area contributed by atoms with Crippen LogP contribution in [0, 0.1) is 13.8 Å². The Morgan fingerprint density at radius 1 is 1.00 bits per heavy atom. The van der Waals surface area contributed by atoms with Crippen molar-refractivity contribution in [2.45, 2.75) is 19.4 Å². The second-order valence-corrected chi connectivity index (χ2v) is 5.96. The Balaban J connectivity index is 2.03. The van der Waals surface area contributed by atoms with E-state index in [0.29, 0.717) is 16.8 Å². The number of carbonyl (C=O) groups excluding carboxylic acids is 1. The van der Waals surface area contributed by atoms with Gasteiger partial charge in [-0.15, -0.1) is 0 Å². The lowest BCUT2D eigenvalue weighted by atomic mass is 9.86. The highest BCUT2D eigenvalue weighted by Crippen LogP contribution is 2.43. The lowest BCUT2D eigenvalue weighted by molar-refractivity contribution is -0.129. The van der Waals surface area contributed by atoms with Crippen LogP contribution in [0.5, 0.6) is 0 Å². The molecule has 0 saturated heterocycles. The van der Waals surface area contributed by atoms with E-state index in [9.17, 15) is 9.90 Å². The molecule has 1 unspecified atom stereocenters. The molecule has 1 aromatic heterocycles. The molecule has 2 heterocycles. The molecule has 110 valence electrons. The highest BCUT2D eigenvalue weighted by molar-refractivity contribution is 6.09. The largest absolute Gasteiger partial charge is 0.372 e. The van der Waals surface area contributed by atoms with E-state index in [-0.39, 0.29) is 0 Å². The highest BCUT2D eigenvalue weighted by atomic mass is 16.3. The van der Waals surface area contributed by atoms with Crippen LogP contribution in [0.1, 0.15) is 22.3 Å². The highest BCUT2D eigenvalue weighted by Gasteiger charge is 2.48. The molecule has 4 nitrogen and oxygen atoms in total. The van der Waals surface area contributed by atoms with Gasteiger partial charge in [-0.25, -0.2) is 0 Å². The number of fused-ring (bicyclic) bond motifs is 2. The Hall–Kier alpha value is -2.59. The van der Waals surface area contributed by atoms with Crippen molar-refractivity contribution in [2.75, 3.05) is 5.32 Å². The van der Waals surface area contributed by atoms with Crippen molar-refractivity contribution in [3.63, 3.8) is 0 Å². The fourth-order valence-electron chi connectivity index (χ4n) is 3.20. The molecule has 0 radical (unpaired) electrons. The van der Waals surface area contributed by atoms with Gasteiger partial charge in [0.1, 0.15) is 0 Å². The minimum absolute atomic E-state index is 0.407. The first-order valence-corrected chi connectivity index (χ1v) is 7.23. The topological polar surface area (TPSA) is 65.1 Å². The summed E-state index contributed by atoms with van der Waals surface area (Å²) in [6.07, 6.45) is 1.72. The normalized spacial score (nSPS) is 20.2. The van der Waals surface area contributed by atoms with E-state index >= 15 is 0 Å². The Bertz CT molecular complexity index is 926. The quantitative estimate of drug-likeness (QED) is 0.645. The van der Waals surface area contributed by atoms with Crippen molar-refractivity contribution >= 4 is 22.5 Å². The molecule has 1 amide bonds. The summed E-state index contributed by atoms with van der Waals surface area (Å²) in [6, 6.07) is 11.6. The van der Waals surface area contributed by atoms with E-state index in [2.05, 4.69) is 10.3 Å². The number of hydrogen-bond acceptors (Lipinski definition) is 2. The molecule has 0 fully saturated rings. The lowest BCUT2D eigenvalue weighted by Gasteiger charge is -2.21. The van der Waals surface area contributed by atoms with Crippen LogP contribution in [0.25, 0.3) is 10.9 Å². The Kier molecular flexibility index (Phi) is 2.51. The van der Waals surface area contributed by atoms with E-state index in [4.69, 9.17) is 0 Å². The van der Waals surface area contributed by atoms with Gasteiger partial charge in [-0.05, 0) is 32.0 Å². The molecular formula is C18H16N2O2. The third-order valence-electron chi connectivity index (χ3n) is 4.37. The van der Waals surface area contributed by atoms with Crippen molar-refractivity contribution in [3.8, 4) is 0 Å². The number of rotatable bonds is 1. The summed E-state index contributed by atoms with van der Waals surface area (Å²) in [4.78, 5) is 15.7. The summed E-state index contributed by atoms with van der Waals surface area (Å²) in [7, 11) is 0. The number of H-pyrrole nitrogens is 1. The molecule has 0 bridgehead atoms. The van der Waals surface area contributed by atoms with Crippen LogP contribution in [-0.4, -0.2) is 16.0 Å². The smallest absolute Gasteiger partial charge is 0.265 e. The van der Waals surface area contributed by atoms with Gasteiger partial charge in [-0.2, -0.15) is 0 Å². The van der Waals surface area contributed by atoms with Gasteiger partial charge in [0.2, 0.25) is 0 Å². The van der Waals surface area contributed by atoms with Crippen molar-refractivity contribution < 1.29 is 9.90 Å². The molecule has 0 aliphatic carbocycles. The van der Waals surface area contributed by atoms with E-state index in [1.165, 1.54) is 0 Å². The van der Waals surface area contributed by atoms with Crippen molar-refractivity contribution in [2.24, 2.45) is 0 Å². The molecule has 0 spiro atoms. The van der Waals surface area contributed by atoms with Crippen LogP contribution < -0.4 is 5.32 Å². The number of anilines is 1. The van der Waals surface area contributed by atoms with Gasteiger partial charge in [-0.1, -0.05) is 29.3 Å². The van der Waals surface area contributed by atoms with Gasteiger partial charge in [0.05, 0.1) is 0 Å². The number of aromatic nitrogens is 1. The molecule has 22 heavy (non-hydrogen) atoms. The Labute approximate surface area is 127 Å². The summed E-state index contributed by atoms with van der Waals surface area (Å²) >= 11 is 0. The lowest BCUT2D eigenvalue weighted by Crippen LogP contribution is -2.35. The van der Waals surface area contributed by atoms with E-state index in [0.717, 1.165) is 22.0 Å². The van der Waals surface area contributed by atoms with Crippen LogP contribution in [0.4, 0.5) is 5.69 Å². The van der Waals surface area contributed by atoms with Gasteiger partial charge in [0.15, 0.2) is 5.60 Å².